The summed E-state index contributed by atoms with van der Waals surface area (Å²) in [6.07, 6.45) is 2.86. The zero-order valence-electron chi connectivity index (χ0n) is 18.8. The van der Waals surface area contributed by atoms with Crippen molar-refractivity contribution in [3.63, 3.8) is 0 Å². The van der Waals surface area contributed by atoms with Crippen LogP contribution in [0.4, 0.5) is 0 Å². The first-order valence-electron chi connectivity index (χ1n) is 11.3. The van der Waals surface area contributed by atoms with Gasteiger partial charge in [-0.05, 0) is 56.2 Å². The standard InChI is InChI=1S/C26H31N3O2S/c1-19-17-24(20(2)29(19)18-23-9-6-16-32-23)26(31)28-14-12-22(13-15-28)27-25(30)11-10-21-7-4-3-5-8-21/h3-9,16-17,22H,10-15,18H2,1-2H3,(H,27,30). The van der Waals surface area contributed by atoms with Gasteiger partial charge in [0.25, 0.3) is 5.91 Å². The molecule has 0 atom stereocenters. The first-order valence-corrected chi connectivity index (χ1v) is 12.2. The number of piperidine rings is 1. The van der Waals surface area contributed by atoms with Crippen molar-refractivity contribution in [2.24, 2.45) is 0 Å². The second-order valence-corrected chi connectivity index (χ2v) is 9.60. The summed E-state index contributed by atoms with van der Waals surface area (Å²) < 4.78 is 2.22. The van der Waals surface area contributed by atoms with Gasteiger partial charge in [-0.15, -0.1) is 11.3 Å². The number of benzene rings is 1. The molecule has 3 aromatic rings. The number of carbonyl (C=O) groups excluding carboxylic acids is 2. The largest absolute Gasteiger partial charge is 0.353 e. The third-order valence-electron chi connectivity index (χ3n) is 6.33. The summed E-state index contributed by atoms with van der Waals surface area (Å²) >= 11 is 1.74. The van der Waals surface area contributed by atoms with Gasteiger partial charge in [0.15, 0.2) is 0 Å². The van der Waals surface area contributed by atoms with Crippen LogP contribution in [0.25, 0.3) is 0 Å². The van der Waals surface area contributed by atoms with E-state index in [1.165, 1.54) is 10.4 Å². The molecule has 2 aromatic heterocycles. The summed E-state index contributed by atoms with van der Waals surface area (Å²) in [6, 6.07) is 16.4. The smallest absolute Gasteiger partial charge is 0.255 e. The van der Waals surface area contributed by atoms with Gasteiger partial charge in [0.05, 0.1) is 12.1 Å². The molecule has 0 bridgehead atoms. The molecule has 1 aliphatic rings. The molecule has 0 aliphatic carbocycles. The van der Waals surface area contributed by atoms with Crippen LogP contribution in [-0.4, -0.2) is 40.4 Å². The number of thiophene rings is 1. The van der Waals surface area contributed by atoms with E-state index in [0.29, 0.717) is 19.5 Å². The van der Waals surface area contributed by atoms with E-state index < -0.39 is 0 Å². The lowest BCUT2D eigenvalue weighted by Gasteiger charge is -2.32. The van der Waals surface area contributed by atoms with Crippen LogP contribution in [0.5, 0.6) is 0 Å². The lowest BCUT2D eigenvalue weighted by molar-refractivity contribution is -0.122. The first kappa shape index (κ1) is 22.3. The van der Waals surface area contributed by atoms with Crippen molar-refractivity contribution >= 4 is 23.2 Å². The number of hydrogen-bond donors (Lipinski definition) is 1. The maximum Gasteiger partial charge on any atom is 0.255 e. The minimum absolute atomic E-state index is 0.0933. The van der Waals surface area contributed by atoms with Crippen LogP contribution in [0.3, 0.4) is 0 Å². The van der Waals surface area contributed by atoms with Crippen LogP contribution < -0.4 is 5.32 Å². The molecule has 6 heteroatoms. The Morgan fingerprint density at radius 1 is 1.06 bits per heavy atom. The quantitative estimate of drug-likeness (QED) is 0.575. The fourth-order valence-corrected chi connectivity index (χ4v) is 5.11. The fraction of sp³-hybridized carbons (Fsp3) is 0.385. The first-order chi connectivity index (χ1) is 15.5. The van der Waals surface area contributed by atoms with Crippen LogP contribution in [0.1, 0.15) is 51.4 Å². The predicted molar refractivity (Wildman–Crippen MR) is 129 cm³/mol. The average molecular weight is 450 g/mol. The Hall–Kier alpha value is -2.86. The topological polar surface area (TPSA) is 54.3 Å². The molecule has 1 fully saturated rings. The molecule has 5 nitrogen and oxygen atoms in total. The van der Waals surface area contributed by atoms with E-state index in [2.05, 4.69) is 46.5 Å². The molecule has 3 heterocycles. The highest BCUT2D eigenvalue weighted by Crippen LogP contribution is 2.22. The minimum Gasteiger partial charge on any atom is -0.353 e. The van der Waals surface area contributed by atoms with Crippen LogP contribution in [0.15, 0.2) is 53.9 Å². The number of nitrogens with zero attached hydrogens (tertiary/aromatic N) is 2. The molecular formula is C26H31N3O2S. The summed E-state index contributed by atoms with van der Waals surface area (Å²) in [7, 11) is 0. The van der Waals surface area contributed by atoms with Crippen molar-refractivity contribution in [1.29, 1.82) is 0 Å². The lowest BCUT2D eigenvalue weighted by Crippen LogP contribution is -2.46. The third-order valence-corrected chi connectivity index (χ3v) is 7.19. The number of aromatic nitrogens is 1. The van der Waals surface area contributed by atoms with Gasteiger partial charge in [-0.2, -0.15) is 0 Å². The Labute approximate surface area is 194 Å². The molecule has 0 spiro atoms. The van der Waals surface area contributed by atoms with Crippen molar-refractivity contribution in [2.75, 3.05) is 13.1 Å². The maximum absolute atomic E-state index is 13.2. The number of aryl methyl sites for hydroxylation is 2. The third kappa shape index (κ3) is 5.30. The number of nitrogens with one attached hydrogen (secondary N) is 1. The number of rotatable bonds is 7. The van der Waals surface area contributed by atoms with E-state index in [4.69, 9.17) is 0 Å². The summed E-state index contributed by atoms with van der Waals surface area (Å²) in [5, 5.41) is 5.24. The van der Waals surface area contributed by atoms with Crippen molar-refractivity contribution in [1.82, 2.24) is 14.8 Å². The Morgan fingerprint density at radius 3 is 2.50 bits per heavy atom. The van der Waals surface area contributed by atoms with E-state index in [9.17, 15) is 9.59 Å². The molecule has 0 saturated carbocycles. The molecular weight excluding hydrogens is 418 g/mol. The van der Waals surface area contributed by atoms with Gasteiger partial charge in [0.1, 0.15) is 0 Å². The van der Waals surface area contributed by atoms with E-state index in [0.717, 1.165) is 42.8 Å². The highest BCUT2D eigenvalue weighted by atomic mass is 32.1. The fourth-order valence-electron chi connectivity index (χ4n) is 4.42. The molecule has 168 valence electrons. The highest BCUT2D eigenvalue weighted by molar-refractivity contribution is 7.09. The zero-order chi connectivity index (χ0) is 22.5. The maximum atomic E-state index is 13.2. The van der Waals surface area contributed by atoms with Crippen LogP contribution in [0.2, 0.25) is 0 Å². The Morgan fingerprint density at radius 2 is 1.81 bits per heavy atom. The van der Waals surface area contributed by atoms with Crippen molar-refractivity contribution in [3.8, 4) is 0 Å². The molecule has 32 heavy (non-hydrogen) atoms. The van der Waals surface area contributed by atoms with E-state index in [1.807, 2.05) is 36.1 Å². The van der Waals surface area contributed by atoms with E-state index >= 15 is 0 Å². The lowest BCUT2D eigenvalue weighted by atomic mass is 10.0. The minimum atomic E-state index is 0.0933. The molecule has 0 unspecified atom stereocenters. The van der Waals surface area contributed by atoms with E-state index in [-0.39, 0.29) is 17.9 Å². The molecule has 2 amide bonds. The summed E-state index contributed by atoms with van der Waals surface area (Å²) in [5.41, 5.74) is 4.11. The van der Waals surface area contributed by atoms with Gasteiger partial charge in [0.2, 0.25) is 5.91 Å². The molecule has 1 saturated heterocycles. The summed E-state index contributed by atoms with van der Waals surface area (Å²) in [6.45, 7) is 6.26. The van der Waals surface area contributed by atoms with Gasteiger partial charge in [-0.1, -0.05) is 36.4 Å². The normalized spacial score (nSPS) is 14.5. The van der Waals surface area contributed by atoms with Crippen molar-refractivity contribution in [2.45, 2.75) is 52.1 Å². The summed E-state index contributed by atoms with van der Waals surface area (Å²) in [5.74, 6) is 0.195. The van der Waals surface area contributed by atoms with Gasteiger partial charge < -0.3 is 14.8 Å². The molecule has 1 aliphatic heterocycles. The van der Waals surface area contributed by atoms with Gasteiger partial charge in [-0.3, -0.25) is 9.59 Å². The molecule has 0 radical (unpaired) electrons. The van der Waals surface area contributed by atoms with Crippen LogP contribution in [-0.2, 0) is 17.8 Å². The number of likely N-dealkylation sites (tertiary alicyclic amines) is 1. The average Bonchev–Trinajstić information content (AvgIpc) is 3.42. The number of amides is 2. The second-order valence-electron chi connectivity index (χ2n) is 8.57. The number of hydrogen-bond acceptors (Lipinski definition) is 3. The van der Waals surface area contributed by atoms with Gasteiger partial charge >= 0.3 is 0 Å². The molecule has 4 rings (SSSR count). The van der Waals surface area contributed by atoms with Gasteiger partial charge in [-0.25, -0.2) is 0 Å². The number of carbonyl (C=O) groups is 2. The van der Waals surface area contributed by atoms with E-state index in [1.54, 1.807) is 11.3 Å². The molecule has 1 N–H and O–H groups in total. The molecule has 1 aromatic carbocycles. The highest BCUT2D eigenvalue weighted by Gasteiger charge is 2.27. The Kier molecular flexibility index (Phi) is 7.10. The Bertz CT molecular complexity index is 1050. The zero-order valence-corrected chi connectivity index (χ0v) is 19.7. The summed E-state index contributed by atoms with van der Waals surface area (Å²) in [4.78, 5) is 28.8. The van der Waals surface area contributed by atoms with Crippen molar-refractivity contribution < 1.29 is 9.59 Å². The predicted octanol–water partition coefficient (Wildman–Crippen LogP) is 4.57. The van der Waals surface area contributed by atoms with Crippen LogP contribution in [0, 0.1) is 13.8 Å². The Balaban J connectivity index is 1.28. The SMILES string of the molecule is Cc1cc(C(=O)N2CCC(NC(=O)CCc3ccccc3)CC2)c(C)n1Cc1cccs1. The van der Waals surface area contributed by atoms with Crippen molar-refractivity contribution in [3.05, 3.63) is 81.3 Å². The monoisotopic (exact) mass is 449 g/mol. The van der Waals surface area contributed by atoms with Crippen LogP contribution >= 0.6 is 11.3 Å². The van der Waals surface area contributed by atoms with Gasteiger partial charge in [0, 0.05) is 41.8 Å². The second kappa shape index (κ2) is 10.2.